The highest BCUT2D eigenvalue weighted by atomic mass is 16.4. The molecule has 1 aliphatic heterocycles. The lowest BCUT2D eigenvalue weighted by Gasteiger charge is -2.30. The Kier molecular flexibility index (Phi) is 4.37. The zero-order valence-corrected chi connectivity index (χ0v) is 14.6. The Bertz CT molecular complexity index is 858. The molecule has 0 bridgehead atoms. The van der Waals surface area contributed by atoms with Gasteiger partial charge in [0.1, 0.15) is 0 Å². The van der Waals surface area contributed by atoms with Crippen LogP contribution in [0.5, 0.6) is 0 Å². The van der Waals surface area contributed by atoms with Crippen molar-refractivity contribution >= 4 is 23.3 Å². The maximum absolute atomic E-state index is 12.3. The highest BCUT2D eigenvalue weighted by Gasteiger charge is 2.30. The zero-order valence-electron chi connectivity index (χ0n) is 14.6. The second-order valence-corrected chi connectivity index (χ2v) is 7.15. The minimum absolute atomic E-state index is 0.232. The summed E-state index contributed by atoms with van der Waals surface area (Å²) >= 11 is 0. The number of nitrogens with zero attached hydrogens (tertiary/aromatic N) is 1. The second-order valence-electron chi connectivity index (χ2n) is 7.15. The number of nitrogens with one attached hydrogen (secondary N) is 1. The van der Waals surface area contributed by atoms with Gasteiger partial charge in [-0.1, -0.05) is 12.1 Å². The van der Waals surface area contributed by atoms with Crippen molar-refractivity contribution in [2.45, 2.75) is 32.2 Å². The lowest BCUT2D eigenvalue weighted by Crippen LogP contribution is -2.36. The zero-order chi connectivity index (χ0) is 18.1. The Morgan fingerprint density at radius 2 is 2.00 bits per heavy atom. The molecule has 0 saturated heterocycles. The van der Waals surface area contributed by atoms with Crippen LogP contribution < -0.4 is 10.2 Å². The molecular weight excluding hydrogens is 328 g/mol. The number of hydrogen-bond acceptors (Lipinski definition) is 3. The highest BCUT2D eigenvalue weighted by Crippen LogP contribution is 2.36. The van der Waals surface area contributed by atoms with Gasteiger partial charge in [0.15, 0.2) is 0 Å². The molecular formula is C21H22N2O3. The van der Waals surface area contributed by atoms with Crippen molar-refractivity contribution in [1.29, 1.82) is 0 Å². The van der Waals surface area contributed by atoms with Gasteiger partial charge in [0.25, 0.3) is 0 Å². The molecule has 0 radical (unpaired) electrons. The predicted molar refractivity (Wildman–Crippen MR) is 101 cm³/mol. The Hall–Kier alpha value is -2.82. The number of carboxylic acids is 1. The summed E-state index contributed by atoms with van der Waals surface area (Å²) in [6, 6.07) is 13.1. The first-order chi connectivity index (χ1) is 12.6. The van der Waals surface area contributed by atoms with E-state index in [1.54, 1.807) is 18.2 Å². The van der Waals surface area contributed by atoms with Gasteiger partial charge in [0, 0.05) is 30.9 Å². The lowest BCUT2D eigenvalue weighted by atomic mass is 10.00. The van der Waals surface area contributed by atoms with Gasteiger partial charge >= 0.3 is 5.97 Å². The Morgan fingerprint density at radius 3 is 2.77 bits per heavy atom. The number of carbonyl (C=O) groups is 2. The van der Waals surface area contributed by atoms with E-state index < -0.39 is 5.97 Å². The van der Waals surface area contributed by atoms with E-state index in [1.165, 1.54) is 18.4 Å². The van der Waals surface area contributed by atoms with Crippen molar-refractivity contribution in [3.63, 3.8) is 0 Å². The van der Waals surface area contributed by atoms with Crippen molar-refractivity contribution < 1.29 is 14.7 Å². The highest BCUT2D eigenvalue weighted by molar-refractivity contribution is 5.96. The first kappa shape index (κ1) is 16.6. The molecule has 26 heavy (non-hydrogen) atoms. The van der Waals surface area contributed by atoms with E-state index in [9.17, 15) is 9.59 Å². The molecule has 2 aromatic rings. The molecule has 1 saturated carbocycles. The van der Waals surface area contributed by atoms with E-state index >= 15 is 0 Å². The number of hydrogen-bond donors (Lipinski definition) is 2. The van der Waals surface area contributed by atoms with E-state index in [-0.39, 0.29) is 5.91 Å². The van der Waals surface area contributed by atoms with E-state index in [4.69, 9.17) is 5.11 Å². The molecule has 2 aromatic carbocycles. The van der Waals surface area contributed by atoms with Gasteiger partial charge in [-0.15, -0.1) is 0 Å². The maximum Gasteiger partial charge on any atom is 0.335 e. The van der Waals surface area contributed by atoms with Crippen LogP contribution in [0.15, 0.2) is 42.5 Å². The molecule has 5 nitrogen and oxygen atoms in total. The van der Waals surface area contributed by atoms with E-state index in [2.05, 4.69) is 11.4 Å². The number of rotatable bonds is 6. The smallest absolute Gasteiger partial charge is 0.335 e. The van der Waals surface area contributed by atoms with E-state index in [0.29, 0.717) is 24.4 Å². The standard InChI is InChI=1S/C21H22N2O3/c24-20-9-6-16-11-18(7-8-19(16)23(20)13-14-4-5-14)22-12-15-2-1-3-17(10-15)21(25)26/h1-3,7-8,10-11,14,22H,4-6,9,12-13H2,(H,25,26). The third kappa shape index (κ3) is 3.57. The topological polar surface area (TPSA) is 69.6 Å². The van der Waals surface area contributed by atoms with E-state index in [0.717, 1.165) is 29.9 Å². The molecule has 1 aliphatic carbocycles. The summed E-state index contributed by atoms with van der Waals surface area (Å²) in [6.45, 7) is 1.41. The third-order valence-electron chi connectivity index (χ3n) is 5.09. The first-order valence-electron chi connectivity index (χ1n) is 9.09. The van der Waals surface area contributed by atoms with Crippen LogP contribution in [-0.2, 0) is 17.8 Å². The molecule has 0 atom stereocenters. The molecule has 2 aliphatic rings. The number of amides is 1. The maximum atomic E-state index is 12.3. The van der Waals surface area contributed by atoms with Gasteiger partial charge in [-0.3, -0.25) is 4.79 Å². The van der Waals surface area contributed by atoms with Gasteiger partial charge in [-0.2, -0.15) is 0 Å². The largest absolute Gasteiger partial charge is 0.478 e. The van der Waals surface area contributed by atoms with Gasteiger partial charge in [0.05, 0.1) is 5.56 Å². The van der Waals surface area contributed by atoms with Crippen molar-refractivity contribution in [3.8, 4) is 0 Å². The van der Waals surface area contributed by atoms with Gasteiger partial charge in [-0.25, -0.2) is 4.79 Å². The number of fused-ring (bicyclic) bond motifs is 1. The minimum Gasteiger partial charge on any atom is -0.478 e. The van der Waals surface area contributed by atoms with Crippen LogP contribution in [0, 0.1) is 5.92 Å². The molecule has 0 unspecified atom stereocenters. The second kappa shape index (κ2) is 6.83. The quantitative estimate of drug-likeness (QED) is 0.834. The number of carbonyl (C=O) groups excluding carboxylic acids is 1. The average molecular weight is 350 g/mol. The SMILES string of the molecule is O=C(O)c1cccc(CNc2ccc3c(c2)CCC(=O)N3CC2CC2)c1. The molecule has 0 aromatic heterocycles. The van der Waals surface area contributed by atoms with Crippen LogP contribution in [0.4, 0.5) is 11.4 Å². The van der Waals surface area contributed by atoms with Crippen molar-refractivity contribution in [2.75, 3.05) is 16.8 Å². The summed E-state index contributed by atoms with van der Waals surface area (Å²) in [5.74, 6) is -0.0131. The van der Waals surface area contributed by atoms with E-state index in [1.807, 2.05) is 23.1 Å². The van der Waals surface area contributed by atoms with Crippen molar-refractivity contribution in [2.24, 2.45) is 5.92 Å². The summed E-state index contributed by atoms with van der Waals surface area (Å²) in [5, 5.41) is 12.4. The summed E-state index contributed by atoms with van der Waals surface area (Å²) in [6.07, 6.45) is 3.81. The van der Waals surface area contributed by atoms with Crippen LogP contribution in [0.3, 0.4) is 0 Å². The molecule has 1 amide bonds. The van der Waals surface area contributed by atoms with Crippen LogP contribution in [0.2, 0.25) is 0 Å². The number of benzene rings is 2. The molecule has 0 spiro atoms. The molecule has 1 fully saturated rings. The van der Waals surface area contributed by atoms with Crippen LogP contribution in [-0.4, -0.2) is 23.5 Å². The fraction of sp³-hybridized carbons (Fsp3) is 0.333. The third-order valence-corrected chi connectivity index (χ3v) is 5.09. The molecule has 2 N–H and O–H groups in total. The fourth-order valence-corrected chi connectivity index (χ4v) is 3.45. The van der Waals surface area contributed by atoms with Crippen LogP contribution in [0.1, 0.15) is 40.7 Å². The van der Waals surface area contributed by atoms with Gasteiger partial charge < -0.3 is 15.3 Å². The van der Waals surface area contributed by atoms with Crippen molar-refractivity contribution in [1.82, 2.24) is 0 Å². The minimum atomic E-state index is -0.916. The Balaban J connectivity index is 1.48. The van der Waals surface area contributed by atoms with Crippen molar-refractivity contribution in [3.05, 3.63) is 59.2 Å². The van der Waals surface area contributed by atoms with Crippen LogP contribution in [0.25, 0.3) is 0 Å². The fourth-order valence-electron chi connectivity index (χ4n) is 3.45. The number of aromatic carboxylic acids is 1. The predicted octanol–water partition coefficient (Wildman–Crippen LogP) is 3.69. The normalized spacial score (nSPS) is 16.3. The first-order valence-corrected chi connectivity index (χ1v) is 9.09. The van der Waals surface area contributed by atoms with Crippen LogP contribution >= 0.6 is 0 Å². The van der Waals surface area contributed by atoms with Gasteiger partial charge in [0.2, 0.25) is 5.91 Å². The average Bonchev–Trinajstić information content (AvgIpc) is 3.47. The lowest BCUT2D eigenvalue weighted by molar-refractivity contribution is -0.119. The summed E-state index contributed by atoms with van der Waals surface area (Å²) < 4.78 is 0. The Morgan fingerprint density at radius 1 is 1.15 bits per heavy atom. The molecule has 134 valence electrons. The monoisotopic (exact) mass is 350 g/mol. The molecule has 1 heterocycles. The summed E-state index contributed by atoms with van der Waals surface area (Å²) in [4.78, 5) is 25.3. The number of aryl methyl sites for hydroxylation is 1. The molecule has 4 rings (SSSR count). The number of anilines is 2. The number of carboxylic acid groups (broad SMARTS) is 1. The molecule has 5 heteroatoms. The Labute approximate surface area is 152 Å². The summed E-state index contributed by atoms with van der Waals surface area (Å²) in [5.41, 5.74) is 4.46. The van der Waals surface area contributed by atoms with Gasteiger partial charge in [-0.05, 0) is 66.6 Å². The summed E-state index contributed by atoms with van der Waals surface area (Å²) in [7, 11) is 0.